The predicted octanol–water partition coefficient (Wildman–Crippen LogP) is 3.04. The smallest absolute Gasteiger partial charge is 0.133 e. The van der Waals surface area contributed by atoms with E-state index in [0.29, 0.717) is 6.42 Å². The summed E-state index contributed by atoms with van der Waals surface area (Å²) in [5, 5.41) is 0. The number of carbonyl (C=O) groups excluding carboxylic acids is 1. The number of hydrogen-bond donors (Lipinski definition) is 0. The van der Waals surface area contributed by atoms with Crippen LogP contribution in [0, 0.1) is 0 Å². The molecular weight excluding hydrogens is 282 g/mol. The number of carbonyl (C=O) groups is 1. The van der Waals surface area contributed by atoms with E-state index in [1.165, 1.54) is 0 Å². The van der Waals surface area contributed by atoms with Crippen molar-refractivity contribution in [2.24, 2.45) is 0 Å². The monoisotopic (exact) mass is 299 g/mol. The second-order valence-electron chi connectivity index (χ2n) is 4.28. The summed E-state index contributed by atoms with van der Waals surface area (Å²) in [6.07, 6.45) is 0.520. The Labute approximate surface area is 111 Å². The lowest BCUT2D eigenvalue weighted by Gasteiger charge is -2.24. The molecule has 0 aliphatic rings. The summed E-state index contributed by atoms with van der Waals surface area (Å²) in [6.45, 7) is 1.62. The molecule has 0 aliphatic carbocycles. The van der Waals surface area contributed by atoms with Crippen LogP contribution in [-0.2, 0) is 4.79 Å². The van der Waals surface area contributed by atoms with Crippen molar-refractivity contribution in [3.8, 4) is 5.75 Å². The number of halogens is 1. The SMILES string of the molecule is COc1ccc(C(CC(C)=O)N(C)C)cc1Br. The van der Waals surface area contributed by atoms with Crippen molar-refractivity contribution in [2.75, 3.05) is 21.2 Å². The molecule has 3 nitrogen and oxygen atoms in total. The van der Waals surface area contributed by atoms with Crippen LogP contribution in [0.4, 0.5) is 0 Å². The first-order valence-corrected chi connectivity index (χ1v) is 6.24. The zero-order valence-electron chi connectivity index (χ0n) is 10.7. The molecule has 0 radical (unpaired) electrons. The molecule has 1 atom stereocenters. The van der Waals surface area contributed by atoms with Gasteiger partial charge in [0.1, 0.15) is 11.5 Å². The van der Waals surface area contributed by atoms with Gasteiger partial charge >= 0.3 is 0 Å². The molecule has 1 aromatic carbocycles. The minimum atomic E-state index is 0.106. The maximum absolute atomic E-state index is 11.3. The van der Waals surface area contributed by atoms with E-state index in [-0.39, 0.29) is 11.8 Å². The molecule has 1 aromatic rings. The fourth-order valence-electron chi connectivity index (χ4n) is 1.76. The summed E-state index contributed by atoms with van der Waals surface area (Å²) in [4.78, 5) is 13.3. The highest BCUT2D eigenvalue weighted by molar-refractivity contribution is 9.10. The summed E-state index contributed by atoms with van der Waals surface area (Å²) >= 11 is 3.46. The van der Waals surface area contributed by atoms with E-state index in [2.05, 4.69) is 20.8 Å². The molecule has 0 aromatic heterocycles. The van der Waals surface area contributed by atoms with Crippen molar-refractivity contribution < 1.29 is 9.53 Å². The molecule has 0 heterocycles. The minimum Gasteiger partial charge on any atom is -0.496 e. The topological polar surface area (TPSA) is 29.5 Å². The highest BCUT2D eigenvalue weighted by atomic mass is 79.9. The van der Waals surface area contributed by atoms with Crippen LogP contribution in [-0.4, -0.2) is 31.9 Å². The van der Waals surface area contributed by atoms with Crippen LogP contribution in [0.5, 0.6) is 5.75 Å². The largest absolute Gasteiger partial charge is 0.496 e. The number of benzene rings is 1. The van der Waals surface area contributed by atoms with E-state index in [0.717, 1.165) is 15.8 Å². The number of methoxy groups -OCH3 is 1. The molecule has 0 amide bonds. The fraction of sp³-hybridized carbons (Fsp3) is 0.462. The van der Waals surface area contributed by atoms with Crippen molar-refractivity contribution in [3.05, 3.63) is 28.2 Å². The van der Waals surface area contributed by atoms with Crippen LogP contribution in [0.2, 0.25) is 0 Å². The van der Waals surface area contributed by atoms with Crippen LogP contribution in [0.3, 0.4) is 0 Å². The van der Waals surface area contributed by atoms with Gasteiger partial charge in [-0.25, -0.2) is 0 Å². The van der Waals surface area contributed by atoms with Crippen LogP contribution >= 0.6 is 15.9 Å². The molecule has 0 fully saturated rings. The van der Waals surface area contributed by atoms with Gasteiger partial charge in [0.25, 0.3) is 0 Å². The lowest BCUT2D eigenvalue weighted by Crippen LogP contribution is -2.22. The van der Waals surface area contributed by atoms with Gasteiger partial charge in [-0.1, -0.05) is 6.07 Å². The van der Waals surface area contributed by atoms with E-state index >= 15 is 0 Å². The van der Waals surface area contributed by atoms with Crippen LogP contribution in [0.15, 0.2) is 22.7 Å². The summed E-state index contributed by atoms with van der Waals surface area (Å²) < 4.78 is 6.10. The van der Waals surface area contributed by atoms with Gasteiger partial charge in [0.15, 0.2) is 0 Å². The quantitative estimate of drug-likeness (QED) is 0.837. The van der Waals surface area contributed by atoms with E-state index in [4.69, 9.17) is 4.74 Å². The van der Waals surface area contributed by atoms with Gasteiger partial charge in [0.2, 0.25) is 0 Å². The molecule has 0 aliphatic heterocycles. The van der Waals surface area contributed by atoms with Crippen molar-refractivity contribution in [1.82, 2.24) is 4.90 Å². The Morgan fingerprint density at radius 2 is 2.12 bits per heavy atom. The molecule has 1 unspecified atom stereocenters. The predicted molar refractivity (Wildman–Crippen MR) is 72.4 cm³/mol. The first-order chi connectivity index (χ1) is 7.95. The molecule has 17 heavy (non-hydrogen) atoms. The molecule has 0 N–H and O–H groups in total. The molecule has 94 valence electrons. The first kappa shape index (κ1) is 14.2. The number of nitrogens with zero attached hydrogens (tertiary/aromatic N) is 1. The highest BCUT2D eigenvalue weighted by Gasteiger charge is 2.17. The van der Waals surface area contributed by atoms with Gasteiger partial charge in [0.05, 0.1) is 11.6 Å². The second kappa shape index (κ2) is 6.17. The molecule has 4 heteroatoms. The maximum atomic E-state index is 11.3. The number of rotatable bonds is 5. The number of hydrogen-bond acceptors (Lipinski definition) is 3. The molecule has 0 saturated heterocycles. The Hall–Kier alpha value is -0.870. The Bertz CT molecular complexity index is 404. The zero-order chi connectivity index (χ0) is 13.0. The van der Waals surface area contributed by atoms with E-state index in [1.54, 1.807) is 14.0 Å². The van der Waals surface area contributed by atoms with Gasteiger partial charge in [-0.2, -0.15) is 0 Å². The van der Waals surface area contributed by atoms with Gasteiger partial charge in [0, 0.05) is 12.5 Å². The van der Waals surface area contributed by atoms with Crippen LogP contribution in [0.25, 0.3) is 0 Å². The number of ether oxygens (including phenoxy) is 1. The molecule has 0 bridgehead atoms. The van der Waals surface area contributed by atoms with E-state index < -0.39 is 0 Å². The summed E-state index contributed by atoms with van der Waals surface area (Å²) in [5.74, 6) is 0.990. The summed E-state index contributed by atoms with van der Waals surface area (Å²) in [5.41, 5.74) is 1.11. The number of Topliss-reactive ketones (excluding diaryl/α,β-unsaturated/α-hetero) is 1. The fourth-order valence-corrected chi connectivity index (χ4v) is 2.32. The van der Waals surface area contributed by atoms with Gasteiger partial charge in [-0.15, -0.1) is 0 Å². The molecule has 0 saturated carbocycles. The summed E-state index contributed by atoms with van der Waals surface area (Å²) in [7, 11) is 5.59. The first-order valence-electron chi connectivity index (χ1n) is 5.45. The third-order valence-electron chi connectivity index (χ3n) is 2.66. The standard InChI is InChI=1S/C13H18BrNO2/c1-9(16)7-12(15(2)3)10-5-6-13(17-4)11(14)8-10/h5-6,8,12H,7H2,1-4H3. The Morgan fingerprint density at radius 1 is 1.47 bits per heavy atom. The van der Waals surface area contributed by atoms with Crippen LogP contribution in [0.1, 0.15) is 24.9 Å². The third kappa shape index (κ3) is 3.82. The average Bonchev–Trinajstić information content (AvgIpc) is 2.25. The minimum absolute atomic E-state index is 0.106. The highest BCUT2D eigenvalue weighted by Crippen LogP contribution is 2.30. The average molecular weight is 300 g/mol. The van der Waals surface area contributed by atoms with Crippen molar-refractivity contribution in [3.63, 3.8) is 0 Å². The Kier molecular flexibility index (Phi) is 5.15. The lowest BCUT2D eigenvalue weighted by atomic mass is 10.0. The summed E-state index contributed by atoms with van der Waals surface area (Å²) in [6, 6.07) is 6.02. The normalized spacial score (nSPS) is 12.6. The molecule has 1 rings (SSSR count). The maximum Gasteiger partial charge on any atom is 0.133 e. The third-order valence-corrected chi connectivity index (χ3v) is 3.28. The Morgan fingerprint density at radius 3 is 2.53 bits per heavy atom. The second-order valence-corrected chi connectivity index (χ2v) is 5.13. The van der Waals surface area contributed by atoms with Gasteiger partial charge < -0.3 is 9.64 Å². The lowest BCUT2D eigenvalue weighted by molar-refractivity contribution is -0.118. The molecular formula is C13H18BrNO2. The Balaban J connectivity index is 3.02. The number of ketones is 1. The van der Waals surface area contributed by atoms with Crippen molar-refractivity contribution in [1.29, 1.82) is 0 Å². The van der Waals surface area contributed by atoms with Crippen molar-refractivity contribution in [2.45, 2.75) is 19.4 Å². The zero-order valence-corrected chi connectivity index (χ0v) is 12.2. The van der Waals surface area contributed by atoms with E-state index in [9.17, 15) is 4.79 Å². The molecule has 0 spiro atoms. The van der Waals surface area contributed by atoms with Gasteiger partial charge in [-0.3, -0.25) is 4.79 Å². The van der Waals surface area contributed by atoms with Crippen LogP contribution < -0.4 is 4.74 Å². The van der Waals surface area contributed by atoms with Crippen molar-refractivity contribution >= 4 is 21.7 Å². The van der Waals surface area contributed by atoms with Gasteiger partial charge in [-0.05, 0) is 54.6 Å². The van der Waals surface area contributed by atoms with E-state index in [1.807, 2.05) is 32.3 Å².